The van der Waals surface area contributed by atoms with Gasteiger partial charge < -0.3 is 4.74 Å². The normalized spacial score (nSPS) is 11.9. The van der Waals surface area contributed by atoms with Crippen LogP contribution in [0.1, 0.15) is 5.56 Å². The molecular weight excluding hydrogens is 228 g/mol. The number of hydrogen-bond donors (Lipinski definition) is 1. The van der Waals surface area contributed by atoms with E-state index in [4.69, 9.17) is 4.74 Å². The van der Waals surface area contributed by atoms with E-state index in [-0.39, 0.29) is 11.5 Å². The van der Waals surface area contributed by atoms with Crippen LogP contribution in [0, 0.1) is 6.92 Å². The number of ether oxygens (including phenoxy) is 1. The highest BCUT2D eigenvalue weighted by atomic mass is 32.2. The van der Waals surface area contributed by atoms with Gasteiger partial charge in [-0.1, -0.05) is 17.7 Å². The van der Waals surface area contributed by atoms with Gasteiger partial charge >= 0.3 is 0 Å². The lowest BCUT2D eigenvalue weighted by atomic mass is 10.2. The number of nitrogens with one attached hydrogen (secondary N) is 1. The van der Waals surface area contributed by atoms with Gasteiger partial charge in [0.25, 0.3) is 10.0 Å². The lowest BCUT2D eigenvalue weighted by Crippen LogP contribution is -2.18. The number of nitrogens with zero attached hydrogens (tertiary/aromatic N) is 1. The zero-order valence-electron chi connectivity index (χ0n) is 9.17. The van der Waals surface area contributed by atoms with E-state index in [1.165, 1.54) is 25.5 Å². The molecule has 0 aliphatic carbocycles. The first-order valence-corrected chi connectivity index (χ1v) is 6.13. The molecule has 1 N–H and O–H groups in total. The Bertz CT molecular complexity index is 451. The van der Waals surface area contributed by atoms with Gasteiger partial charge in [0, 0.05) is 7.11 Å². The fraction of sp³-hybridized carbons (Fsp3) is 0.300. The van der Waals surface area contributed by atoms with Crippen LogP contribution in [0.3, 0.4) is 0 Å². The molecule has 0 fully saturated rings. The Morgan fingerprint density at radius 2 is 2.00 bits per heavy atom. The van der Waals surface area contributed by atoms with Crippen molar-refractivity contribution in [2.75, 3.05) is 13.7 Å². The van der Waals surface area contributed by atoms with Crippen LogP contribution in [0.4, 0.5) is 0 Å². The maximum atomic E-state index is 11.6. The quantitative estimate of drug-likeness (QED) is 0.616. The zero-order chi connectivity index (χ0) is 12.0. The molecule has 1 rings (SSSR count). The Morgan fingerprint density at radius 1 is 1.38 bits per heavy atom. The van der Waals surface area contributed by atoms with Crippen molar-refractivity contribution >= 4 is 16.2 Å². The molecule has 0 aliphatic rings. The number of rotatable bonds is 5. The summed E-state index contributed by atoms with van der Waals surface area (Å²) in [5.74, 6) is 0. The molecule has 0 saturated carbocycles. The minimum absolute atomic E-state index is 0.188. The summed E-state index contributed by atoms with van der Waals surface area (Å²) in [4.78, 5) is 2.28. The lowest BCUT2D eigenvalue weighted by Gasteiger charge is -2.03. The summed E-state index contributed by atoms with van der Waals surface area (Å²) in [6, 6.07) is 6.52. The fourth-order valence-corrected chi connectivity index (χ4v) is 1.80. The van der Waals surface area contributed by atoms with Gasteiger partial charge in [0.2, 0.25) is 0 Å². The number of methoxy groups -OCH3 is 1. The summed E-state index contributed by atoms with van der Waals surface area (Å²) in [5, 5.41) is 3.54. The van der Waals surface area contributed by atoms with Gasteiger partial charge in [-0.25, -0.2) is 4.83 Å². The van der Waals surface area contributed by atoms with Crippen molar-refractivity contribution in [1.29, 1.82) is 0 Å². The van der Waals surface area contributed by atoms with E-state index in [1.54, 1.807) is 12.1 Å². The molecule has 0 atom stereocenters. The van der Waals surface area contributed by atoms with Crippen molar-refractivity contribution < 1.29 is 13.2 Å². The number of hydrogen-bond acceptors (Lipinski definition) is 4. The highest BCUT2D eigenvalue weighted by Crippen LogP contribution is 2.09. The van der Waals surface area contributed by atoms with Crippen LogP contribution in [-0.4, -0.2) is 28.3 Å². The summed E-state index contributed by atoms with van der Waals surface area (Å²) in [5.41, 5.74) is 1.00. The topological polar surface area (TPSA) is 67.8 Å². The number of aryl methyl sites for hydroxylation is 1. The van der Waals surface area contributed by atoms with Gasteiger partial charge in [0.15, 0.2) is 0 Å². The largest absolute Gasteiger partial charge is 0.379 e. The van der Waals surface area contributed by atoms with E-state index in [0.29, 0.717) is 0 Å². The predicted octanol–water partition coefficient (Wildman–Crippen LogP) is 0.906. The molecule has 1 aromatic rings. The van der Waals surface area contributed by atoms with Gasteiger partial charge in [-0.3, -0.25) is 0 Å². The number of hydrazone groups is 1. The van der Waals surface area contributed by atoms with Crippen LogP contribution in [0.25, 0.3) is 0 Å². The average molecular weight is 242 g/mol. The van der Waals surface area contributed by atoms with E-state index in [2.05, 4.69) is 9.93 Å². The van der Waals surface area contributed by atoms with Crippen molar-refractivity contribution in [2.45, 2.75) is 11.8 Å². The molecule has 0 unspecified atom stereocenters. The Hall–Kier alpha value is -1.40. The minimum atomic E-state index is -3.56. The van der Waals surface area contributed by atoms with Gasteiger partial charge in [-0.05, 0) is 19.1 Å². The van der Waals surface area contributed by atoms with E-state index in [1.807, 2.05) is 6.92 Å². The Morgan fingerprint density at radius 3 is 2.56 bits per heavy atom. The second-order valence-corrected chi connectivity index (χ2v) is 4.84. The first-order chi connectivity index (χ1) is 7.56. The summed E-state index contributed by atoms with van der Waals surface area (Å²) in [6.45, 7) is 2.15. The van der Waals surface area contributed by atoms with E-state index >= 15 is 0 Å². The van der Waals surface area contributed by atoms with Gasteiger partial charge in [0.1, 0.15) is 0 Å². The monoisotopic (exact) mass is 242 g/mol. The Kier molecular flexibility index (Phi) is 4.45. The Labute approximate surface area is 95.2 Å². The third-order valence-corrected chi connectivity index (χ3v) is 3.08. The van der Waals surface area contributed by atoms with E-state index in [9.17, 15) is 8.42 Å². The van der Waals surface area contributed by atoms with Crippen LogP contribution in [0.5, 0.6) is 0 Å². The molecule has 0 bridgehead atoms. The third-order valence-electron chi connectivity index (χ3n) is 1.84. The molecule has 0 aliphatic heterocycles. The third kappa shape index (κ3) is 3.63. The first-order valence-electron chi connectivity index (χ1n) is 4.65. The number of benzene rings is 1. The molecule has 0 spiro atoms. The molecule has 0 aromatic heterocycles. The van der Waals surface area contributed by atoms with Crippen molar-refractivity contribution in [3.05, 3.63) is 29.8 Å². The van der Waals surface area contributed by atoms with E-state index < -0.39 is 10.0 Å². The van der Waals surface area contributed by atoms with Crippen LogP contribution in [0.15, 0.2) is 34.3 Å². The van der Waals surface area contributed by atoms with Crippen LogP contribution >= 0.6 is 0 Å². The molecule has 0 radical (unpaired) electrons. The highest BCUT2D eigenvalue weighted by Gasteiger charge is 2.11. The summed E-state index contributed by atoms with van der Waals surface area (Å²) in [7, 11) is -2.06. The van der Waals surface area contributed by atoms with Gasteiger partial charge in [0.05, 0.1) is 17.7 Å². The summed E-state index contributed by atoms with van der Waals surface area (Å²) < 4.78 is 28.0. The number of sulfonamides is 1. The first kappa shape index (κ1) is 12.7. The van der Waals surface area contributed by atoms with Crippen LogP contribution < -0.4 is 4.83 Å². The minimum Gasteiger partial charge on any atom is -0.379 e. The lowest BCUT2D eigenvalue weighted by molar-refractivity contribution is 0.248. The molecular formula is C10H14N2O3S. The highest BCUT2D eigenvalue weighted by molar-refractivity contribution is 7.89. The molecule has 1 aromatic carbocycles. The standard InChI is InChI=1S/C10H14N2O3S/c1-9-3-5-10(6-4-9)16(13,14)12-11-7-8-15-2/h3-7,12H,8H2,1-2H3/b11-7-. The maximum Gasteiger partial charge on any atom is 0.276 e. The molecule has 6 heteroatoms. The van der Waals surface area contributed by atoms with Crippen molar-refractivity contribution in [2.24, 2.45) is 5.10 Å². The SMILES string of the molecule is COC/C=N\NS(=O)(=O)c1ccc(C)cc1. The summed E-state index contributed by atoms with van der Waals surface area (Å²) in [6.07, 6.45) is 1.34. The molecule has 0 saturated heterocycles. The second kappa shape index (κ2) is 5.62. The van der Waals surface area contributed by atoms with Crippen LogP contribution in [-0.2, 0) is 14.8 Å². The van der Waals surface area contributed by atoms with Crippen molar-refractivity contribution in [3.8, 4) is 0 Å². The smallest absolute Gasteiger partial charge is 0.276 e. The molecule has 0 heterocycles. The molecule has 16 heavy (non-hydrogen) atoms. The fourth-order valence-electron chi connectivity index (χ4n) is 0.989. The molecule has 5 nitrogen and oxygen atoms in total. The average Bonchev–Trinajstić information content (AvgIpc) is 2.25. The zero-order valence-corrected chi connectivity index (χ0v) is 9.99. The maximum absolute atomic E-state index is 11.6. The summed E-state index contributed by atoms with van der Waals surface area (Å²) >= 11 is 0. The van der Waals surface area contributed by atoms with Crippen LogP contribution in [0.2, 0.25) is 0 Å². The van der Waals surface area contributed by atoms with E-state index in [0.717, 1.165) is 5.56 Å². The molecule has 88 valence electrons. The second-order valence-electron chi connectivity index (χ2n) is 3.17. The van der Waals surface area contributed by atoms with Gasteiger partial charge in [-0.15, -0.1) is 0 Å². The van der Waals surface area contributed by atoms with Gasteiger partial charge in [-0.2, -0.15) is 13.5 Å². The Balaban J connectivity index is 2.74. The predicted molar refractivity (Wildman–Crippen MR) is 61.9 cm³/mol. The van der Waals surface area contributed by atoms with Crippen molar-refractivity contribution in [3.63, 3.8) is 0 Å². The molecule has 0 amide bonds. The van der Waals surface area contributed by atoms with Crippen molar-refractivity contribution in [1.82, 2.24) is 4.83 Å².